The number of likely N-dealkylation sites (tertiary alicyclic amines) is 1. The molecular formula is C20H22FNO5S. The molecule has 28 heavy (non-hydrogen) atoms. The van der Waals surface area contributed by atoms with Gasteiger partial charge in [-0.3, -0.25) is 9.69 Å². The van der Waals surface area contributed by atoms with E-state index in [-0.39, 0.29) is 23.6 Å². The molecule has 1 N–H and O–H groups in total. The Kier molecular flexibility index (Phi) is 5.71. The minimum atomic E-state index is -4.08. The quantitative estimate of drug-likeness (QED) is 0.793. The molecule has 0 spiro atoms. The topological polar surface area (TPSA) is 83.9 Å². The normalized spacial score (nSPS) is 17.2. The predicted octanol–water partition coefficient (Wildman–Crippen LogP) is 2.73. The predicted molar refractivity (Wildman–Crippen MR) is 101 cm³/mol. The lowest BCUT2D eigenvalue weighted by molar-refractivity contribution is -0.141. The number of sulfone groups is 1. The van der Waals surface area contributed by atoms with E-state index in [0.717, 1.165) is 5.56 Å². The molecule has 0 unspecified atom stereocenters. The Morgan fingerprint density at radius 3 is 2.18 bits per heavy atom. The summed E-state index contributed by atoms with van der Waals surface area (Å²) in [6.45, 7) is 1.15. The van der Waals surface area contributed by atoms with E-state index in [2.05, 4.69) is 0 Å². The molecule has 2 aromatic carbocycles. The van der Waals surface area contributed by atoms with Gasteiger partial charge in [-0.2, -0.15) is 0 Å². The molecule has 0 saturated carbocycles. The SMILES string of the molecule is COc1ccc(S(=O)(=O)C2(C(=O)O)CCN(Cc3ccc(F)cc3)CC2)cc1. The second kappa shape index (κ2) is 7.89. The van der Waals surface area contributed by atoms with E-state index in [4.69, 9.17) is 4.74 Å². The lowest BCUT2D eigenvalue weighted by atomic mass is 9.95. The van der Waals surface area contributed by atoms with Gasteiger partial charge in [0.05, 0.1) is 12.0 Å². The summed E-state index contributed by atoms with van der Waals surface area (Å²) in [5, 5.41) is 9.83. The number of rotatable bonds is 6. The molecule has 0 bridgehead atoms. The van der Waals surface area contributed by atoms with Gasteiger partial charge in [0.25, 0.3) is 0 Å². The van der Waals surface area contributed by atoms with E-state index >= 15 is 0 Å². The fourth-order valence-corrected chi connectivity index (χ4v) is 5.39. The lowest BCUT2D eigenvalue weighted by Gasteiger charge is -2.38. The summed E-state index contributed by atoms with van der Waals surface area (Å²) in [7, 11) is -2.61. The van der Waals surface area contributed by atoms with Crippen molar-refractivity contribution in [3.8, 4) is 5.75 Å². The number of carbonyl (C=O) groups is 1. The maximum absolute atomic E-state index is 13.2. The molecule has 2 aromatic rings. The minimum absolute atomic E-state index is 0.0160. The molecule has 0 aromatic heterocycles. The molecule has 8 heteroatoms. The third-order valence-electron chi connectivity index (χ3n) is 5.26. The number of halogens is 1. The van der Waals surface area contributed by atoms with Crippen LogP contribution in [0.1, 0.15) is 18.4 Å². The van der Waals surface area contributed by atoms with E-state index in [1.54, 1.807) is 12.1 Å². The van der Waals surface area contributed by atoms with Crippen molar-refractivity contribution < 1.29 is 27.4 Å². The van der Waals surface area contributed by atoms with Crippen molar-refractivity contribution in [3.63, 3.8) is 0 Å². The van der Waals surface area contributed by atoms with Crippen molar-refractivity contribution in [1.82, 2.24) is 4.90 Å². The number of carboxylic acid groups (broad SMARTS) is 1. The highest BCUT2D eigenvalue weighted by atomic mass is 32.2. The van der Waals surface area contributed by atoms with Crippen LogP contribution in [0.15, 0.2) is 53.4 Å². The Morgan fingerprint density at radius 1 is 1.11 bits per heavy atom. The number of methoxy groups -OCH3 is 1. The Labute approximate surface area is 163 Å². The molecule has 1 aliphatic heterocycles. The van der Waals surface area contributed by atoms with Crippen LogP contribution in [-0.2, 0) is 21.2 Å². The molecule has 1 fully saturated rings. The largest absolute Gasteiger partial charge is 0.497 e. The van der Waals surface area contributed by atoms with Gasteiger partial charge in [-0.05, 0) is 54.8 Å². The van der Waals surface area contributed by atoms with Crippen LogP contribution < -0.4 is 4.74 Å². The number of hydrogen-bond acceptors (Lipinski definition) is 5. The first-order chi connectivity index (χ1) is 13.3. The summed E-state index contributed by atoms with van der Waals surface area (Å²) in [5.41, 5.74) is 0.891. The Morgan fingerprint density at radius 2 is 1.68 bits per heavy atom. The molecule has 1 heterocycles. The fourth-order valence-electron chi connectivity index (χ4n) is 3.50. The van der Waals surface area contributed by atoms with E-state index < -0.39 is 20.6 Å². The molecule has 1 aliphatic rings. The van der Waals surface area contributed by atoms with Crippen LogP contribution in [-0.4, -0.2) is 49.3 Å². The second-order valence-corrected chi connectivity index (χ2v) is 9.14. The summed E-state index contributed by atoms with van der Waals surface area (Å²) in [6.07, 6.45) is -0.0320. The average Bonchev–Trinajstić information content (AvgIpc) is 2.70. The summed E-state index contributed by atoms with van der Waals surface area (Å²) < 4.78 is 42.6. The first-order valence-corrected chi connectivity index (χ1v) is 10.4. The highest BCUT2D eigenvalue weighted by Crippen LogP contribution is 2.36. The molecule has 6 nitrogen and oxygen atoms in total. The molecular weight excluding hydrogens is 385 g/mol. The highest BCUT2D eigenvalue weighted by Gasteiger charge is 2.53. The van der Waals surface area contributed by atoms with Crippen molar-refractivity contribution in [2.24, 2.45) is 0 Å². The van der Waals surface area contributed by atoms with E-state index in [1.165, 1.54) is 43.5 Å². The van der Waals surface area contributed by atoms with Gasteiger partial charge in [0, 0.05) is 19.6 Å². The summed E-state index contributed by atoms with van der Waals surface area (Å²) in [6, 6.07) is 11.8. The number of benzene rings is 2. The zero-order valence-corrected chi connectivity index (χ0v) is 16.3. The Hall–Kier alpha value is -2.45. The third kappa shape index (κ3) is 3.74. The van der Waals surface area contributed by atoms with Crippen LogP contribution in [0.25, 0.3) is 0 Å². The zero-order chi connectivity index (χ0) is 20.4. The van der Waals surface area contributed by atoms with Gasteiger partial charge < -0.3 is 9.84 Å². The number of aliphatic carboxylic acids is 1. The van der Waals surface area contributed by atoms with Gasteiger partial charge in [-0.1, -0.05) is 12.1 Å². The second-order valence-electron chi connectivity index (χ2n) is 6.88. The van der Waals surface area contributed by atoms with Gasteiger partial charge in [0.2, 0.25) is 0 Å². The minimum Gasteiger partial charge on any atom is -0.497 e. The summed E-state index contributed by atoms with van der Waals surface area (Å²) >= 11 is 0. The number of piperidine rings is 1. The van der Waals surface area contributed by atoms with Crippen molar-refractivity contribution in [2.75, 3.05) is 20.2 Å². The Balaban J connectivity index is 1.79. The van der Waals surface area contributed by atoms with E-state index in [1.807, 2.05) is 4.90 Å². The number of hydrogen-bond donors (Lipinski definition) is 1. The first-order valence-electron chi connectivity index (χ1n) is 8.87. The van der Waals surface area contributed by atoms with E-state index in [9.17, 15) is 22.7 Å². The maximum atomic E-state index is 13.2. The molecule has 3 rings (SSSR count). The summed E-state index contributed by atoms with van der Waals surface area (Å²) in [4.78, 5) is 14.0. The monoisotopic (exact) mass is 407 g/mol. The molecule has 1 saturated heterocycles. The van der Waals surface area contributed by atoms with Crippen molar-refractivity contribution >= 4 is 15.8 Å². The van der Waals surface area contributed by atoms with Gasteiger partial charge in [0.1, 0.15) is 11.6 Å². The van der Waals surface area contributed by atoms with E-state index in [0.29, 0.717) is 25.4 Å². The van der Waals surface area contributed by atoms with Gasteiger partial charge >= 0.3 is 5.97 Å². The van der Waals surface area contributed by atoms with Crippen LogP contribution in [0.2, 0.25) is 0 Å². The van der Waals surface area contributed by atoms with Crippen molar-refractivity contribution in [2.45, 2.75) is 29.0 Å². The molecule has 0 amide bonds. The number of nitrogens with zero attached hydrogens (tertiary/aromatic N) is 1. The van der Waals surface area contributed by atoms with Crippen LogP contribution in [0.5, 0.6) is 5.75 Å². The van der Waals surface area contributed by atoms with Crippen LogP contribution >= 0.6 is 0 Å². The maximum Gasteiger partial charge on any atom is 0.325 e. The smallest absolute Gasteiger partial charge is 0.325 e. The van der Waals surface area contributed by atoms with Crippen molar-refractivity contribution in [3.05, 3.63) is 59.9 Å². The Bertz CT molecular complexity index is 934. The van der Waals surface area contributed by atoms with Gasteiger partial charge in [0.15, 0.2) is 14.6 Å². The van der Waals surface area contributed by atoms with Crippen LogP contribution in [0.3, 0.4) is 0 Å². The number of carboxylic acids is 1. The fraction of sp³-hybridized carbons (Fsp3) is 0.350. The van der Waals surface area contributed by atoms with Gasteiger partial charge in [-0.15, -0.1) is 0 Å². The molecule has 0 radical (unpaired) electrons. The molecule has 0 aliphatic carbocycles. The highest BCUT2D eigenvalue weighted by molar-refractivity contribution is 7.93. The van der Waals surface area contributed by atoms with Crippen LogP contribution in [0.4, 0.5) is 4.39 Å². The average molecular weight is 407 g/mol. The third-order valence-corrected chi connectivity index (χ3v) is 7.76. The van der Waals surface area contributed by atoms with Crippen molar-refractivity contribution in [1.29, 1.82) is 0 Å². The summed E-state index contributed by atoms with van der Waals surface area (Å²) in [5.74, 6) is -1.15. The molecule has 0 atom stereocenters. The first kappa shape index (κ1) is 20.3. The zero-order valence-electron chi connectivity index (χ0n) is 15.5. The lowest BCUT2D eigenvalue weighted by Crippen LogP contribution is -2.54. The number of ether oxygens (including phenoxy) is 1. The van der Waals surface area contributed by atoms with Gasteiger partial charge in [-0.25, -0.2) is 12.8 Å². The molecule has 150 valence electrons. The standard InChI is InChI=1S/C20H22FNO5S/c1-27-17-6-8-18(9-7-17)28(25,26)20(19(23)24)10-12-22(13-11-20)14-15-2-4-16(21)5-3-15/h2-9H,10-14H2,1H3,(H,23,24). The van der Waals surface area contributed by atoms with Crippen LogP contribution in [0, 0.1) is 5.82 Å².